The van der Waals surface area contributed by atoms with Crippen molar-refractivity contribution < 1.29 is 23.5 Å². The van der Waals surface area contributed by atoms with Gasteiger partial charge in [0.25, 0.3) is 0 Å². The molecule has 0 N–H and O–H groups in total. The molecule has 0 aromatic heterocycles. The highest BCUT2D eigenvalue weighted by Gasteiger charge is 2.07. The van der Waals surface area contributed by atoms with Crippen LogP contribution >= 0.6 is 0 Å². The monoisotopic (exact) mass is 344 g/mol. The minimum absolute atomic E-state index is 0.00112. The third-order valence-corrected chi connectivity index (χ3v) is 3.60. The first-order valence-corrected chi connectivity index (χ1v) is 8.29. The second kappa shape index (κ2) is 9.57. The first-order valence-electron chi connectivity index (χ1n) is 8.29. The molecular formula is C20H21FO4. The minimum Gasteiger partial charge on any atom is -0.494 e. The van der Waals surface area contributed by atoms with Crippen molar-refractivity contribution >= 4 is 11.8 Å². The molecule has 2 rings (SSSR count). The minimum atomic E-state index is -0.353. The van der Waals surface area contributed by atoms with Gasteiger partial charge in [0.1, 0.15) is 11.6 Å². The van der Waals surface area contributed by atoms with E-state index in [0.29, 0.717) is 42.9 Å². The summed E-state index contributed by atoms with van der Waals surface area (Å²) in [6.07, 6.45) is 1.82. The number of Topliss-reactive ketones (excluding diaryl/α,β-unsaturated/α-hetero) is 1. The first-order chi connectivity index (χ1) is 12.1. The lowest BCUT2D eigenvalue weighted by atomic mass is 10.1. The van der Waals surface area contributed by atoms with E-state index in [2.05, 4.69) is 0 Å². The molecule has 132 valence electrons. The third-order valence-electron chi connectivity index (χ3n) is 3.60. The molecule has 0 spiro atoms. The van der Waals surface area contributed by atoms with E-state index in [1.165, 1.54) is 24.3 Å². The van der Waals surface area contributed by atoms with Crippen molar-refractivity contribution in [3.05, 3.63) is 65.5 Å². The van der Waals surface area contributed by atoms with Crippen LogP contribution in [0.1, 0.15) is 46.9 Å². The molecule has 0 unspecified atom stereocenters. The maximum absolute atomic E-state index is 12.8. The van der Waals surface area contributed by atoms with E-state index in [4.69, 9.17) is 9.47 Å². The second-order valence-corrected chi connectivity index (χ2v) is 5.48. The van der Waals surface area contributed by atoms with Gasteiger partial charge in [-0.2, -0.15) is 0 Å². The Hall–Kier alpha value is -2.69. The molecule has 0 aliphatic carbocycles. The van der Waals surface area contributed by atoms with Crippen molar-refractivity contribution in [2.75, 3.05) is 13.2 Å². The number of carbonyl (C=O) groups is 2. The van der Waals surface area contributed by atoms with E-state index in [1.54, 1.807) is 31.2 Å². The zero-order valence-electron chi connectivity index (χ0n) is 14.2. The molecule has 0 aliphatic rings. The van der Waals surface area contributed by atoms with Gasteiger partial charge in [0.05, 0.1) is 18.8 Å². The molecule has 2 aromatic carbocycles. The summed E-state index contributed by atoms with van der Waals surface area (Å²) in [5.41, 5.74) is 1.01. The van der Waals surface area contributed by atoms with Gasteiger partial charge in [-0.1, -0.05) is 0 Å². The number of rotatable bonds is 9. The van der Waals surface area contributed by atoms with Crippen LogP contribution in [0.15, 0.2) is 48.5 Å². The smallest absolute Gasteiger partial charge is 0.338 e. The summed E-state index contributed by atoms with van der Waals surface area (Å²) in [6, 6.07) is 12.3. The number of carbonyl (C=O) groups excluding carboxylic acids is 2. The Morgan fingerprint density at radius 2 is 1.56 bits per heavy atom. The normalized spacial score (nSPS) is 10.3. The summed E-state index contributed by atoms with van der Waals surface area (Å²) < 4.78 is 23.3. The van der Waals surface area contributed by atoms with Gasteiger partial charge >= 0.3 is 5.97 Å². The zero-order valence-corrected chi connectivity index (χ0v) is 14.2. The van der Waals surface area contributed by atoms with E-state index in [-0.39, 0.29) is 17.6 Å². The van der Waals surface area contributed by atoms with Crippen LogP contribution in [0, 0.1) is 5.82 Å². The molecular weight excluding hydrogens is 323 g/mol. The Kier molecular flexibility index (Phi) is 7.14. The maximum Gasteiger partial charge on any atom is 0.338 e. The standard InChI is InChI=1S/C20H21FO4/c1-2-24-20(23)16-8-12-18(13-9-16)25-14-4-3-5-19(22)15-6-10-17(21)11-7-15/h6-13H,2-5,14H2,1H3. The molecule has 0 saturated heterocycles. The highest BCUT2D eigenvalue weighted by molar-refractivity contribution is 5.95. The van der Waals surface area contributed by atoms with Crippen molar-refractivity contribution in [2.45, 2.75) is 26.2 Å². The van der Waals surface area contributed by atoms with Crippen LogP contribution in [-0.2, 0) is 4.74 Å². The van der Waals surface area contributed by atoms with Gasteiger partial charge in [0, 0.05) is 12.0 Å². The van der Waals surface area contributed by atoms with Crippen LogP contribution < -0.4 is 4.74 Å². The van der Waals surface area contributed by atoms with E-state index < -0.39 is 0 Å². The van der Waals surface area contributed by atoms with E-state index >= 15 is 0 Å². The van der Waals surface area contributed by atoms with E-state index in [9.17, 15) is 14.0 Å². The molecule has 0 bridgehead atoms. The zero-order chi connectivity index (χ0) is 18.1. The Morgan fingerprint density at radius 1 is 0.920 bits per heavy atom. The van der Waals surface area contributed by atoms with Gasteiger partial charge in [-0.3, -0.25) is 4.79 Å². The Bertz CT molecular complexity index is 693. The van der Waals surface area contributed by atoms with Crippen molar-refractivity contribution in [3.63, 3.8) is 0 Å². The van der Waals surface area contributed by atoms with Crippen LogP contribution in [-0.4, -0.2) is 25.0 Å². The average molecular weight is 344 g/mol. The van der Waals surface area contributed by atoms with Crippen molar-refractivity contribution in [2.24, 2.45) is 0 Å². The van der Waals surface area contributed by atoms with Crippen molar-refractivity contribution in [1.82, 2.24) is 0 Å². The second-order valence-electron chi connectivity index (χ2n) is 5.48. The Balaban J connectivity index is 1.68. The highest BCUT2D eigenvalue weighted by atomic mass is 19.1. The molecule has 0 saturated carbocycles. The number of ketones is 1. The summed E-state index contributed by atoms with van der Waals surface area (Å²) >= 11 is 0. The predicted molar refractivity (Wildman–Crippen MR) is 92.5 cm³/mol. The van der Waals surface area contributed by atoms with Crippen LogP contribution in [0.3, 0.4) is 0 Å². The fourth-order valence-corrected chi connectivity index (χ4v) is 2.26. The number of unbranched alkanes of at least 4 members (excludes halogenated alkanes) is 1. The quantitative estimate of drug-likeness (QED) is 0.383. The number of hydrogen-bond donors (Lipinski definition) is 0. The molecule has 0 radical (unpaired) electrons. The fourth-order valence-electron chi connectivity index (χ4n) is 2.26. The van der Waals surface area contributed by atoms with Gasteiger partial charge < -0.3 is 9.47 Å². The number of halogens is 1. The van der Waals surface area contributed by atoms with Gasteiger partial charge in [-0.25, -0.2) is 9.18 Å². The summed E-state index contributed by atoms with van der Waals surface area (Å²) in [5.74, 6) is -0.0380. The van der Waals surface area contributed by atoms with Crippen LogP contribution in [0.5, 0.6) is 5.75 Å². The van der Waals surface area contributed by atoms with Gasteiger partial charge in [0.15, 0.2) is 5.78 Å². The molecule has 0 fully saturated rings. The van der Waals surface area contributed by atoms with E-state index in [1.807, 2.05) is 0 Å². The van der Waals surface area contributed by atoms with Crippen LogP contribution in [0.4, 0.5) is 4.39 Å². The molecule has 4 nitrogen and oxygen atoms in total. The van der Waals surface area contributed by atoms with Crippen LogP contribution in [0.2, 0.25) is 0 Å². The highest BCUT2D eigenvalue weighted by Crippen LogP contribution is 2.14. The summed E-state index contributed by atoms with van der Waals surface area (Å²) in [5, 5.41) is 0. The fraction of sp³-hybridized carbons (Fsp3) is 0.300. The SMILES string of the molecule is CCOC(=O)c1ccc(OCCCCC(=O)c2ccc(F)cc2)cc1. The number of esters is 1. The predicted octanol–water partition coefficient (Wildman–Crippen LogP) is 4.43. The molecule has 0 amide bonds. The first kappa shape index (κ1) is 18.6. The summed E-state index contributed by atoms with van der Waals surface area (Å²) in [7, 11) is 0. The number of ether oxygens (including phenoxy) is 2. The maximum atomic E-state index is 12.8. The number of hydrogen-bond acceptors (Lipinski definition) is 4. The largest absolute Gasteiger partial charge is 0.494 e. The number of benzene rings is 2. The molecule has 25 heavy (non-hydrogen) atoms. The Labute approximate surface area is 146 Å². The van der Waals surface area contributed by atoms with Crippen molar-refractivity contribution in [3.8, 4) is 5.75 Å². The molecule has 0 heterocycles. The lowest BCUT2D eigenvalue weighted by molar-refractivity contribution is 0.0526. The lowest BCUT2D eigenvalue weighted by Crippen LogP contribution is -2.05. The van der Waals surface area contributed by atoms with E-state index in [0.717, 1.165) is 6.42 Å². The van der Waals surface area contributed by atoms with Gasteiger partial charge in [0.2, 0.25) is 0 Å². The molecule has 0 atom stereocenters. The van der Waals surface area contributed by atoms with Crippen molar-refractivity contribution in [1.29, 1.82) is 0 Å². The van der Waals surface area contributed by atoms with Crippen LogP contribution in [0.25, 0.3) is 0 Å². The lowest BCUT2D eigenvalue weighted by Gasteiger charge is -2.07. The topological polar surface area (TPSA) is 52.6 Å². The summed E-state index contributed by atoms with van der Waals surface area (Å²) in [6.45, 7) is 2.58. The van der Waals surface area contributed by atoms with Gasteiger partial charge in [-0.05, 0) is 68.3 Å². The molecule has 0 aliphatic heterocycles. The third kappa shape index (κ3) is 6.03. The van der Waals surface area contributed by atoms with Gasteiger partial charge in [-0.15, -0.1) is 0 Å². The summed E-state index contributed by atoms with van der Waals surface area (Å²) in [4.78, 5) is 23.5. The average Bonchev–Trinajstić information content (AvgIpc) is 2.62. The molecule has 5 heteroatoms. The molecule has 2 aromatic rings. The Morgan fingerprint density at radius 3 is 2.20 bits per heavy atom.